The predicted molar refractivity (Wildman–Crippen MR) is 91.2 cm³/mol. The molecule has 1 aromatic carbocycles. The second kappa shape index (κ2) is 7.64. The molecule has 1 aromatic rings. The van der Waals surface area contributed by atoms with Crippen LogP contribution in [0.5, 0.6) is 0 Å². The van der Waals surface area contributed by atoms with Crippen molar-refractivity contribution in [2.75, 3.05) is 13.2 Å². The summed E-state index contributed by atoms with van der Waals surface area (Å²) in [6, 6.07) is 6.58. The van der Waals surface area contributed by atoms with Gasteiger partial charge in [0, 0.05) is 8.04 Å². The fourth-order valence-corrected chi connectivity index (χ4v) is 3.19. The second-order valence-corrected chi connectivity index (χ2v) is 6.73. The van der Waals surface area contributed by atoms with Crippen molar-refractivity contribution < 1.29 is 4.74 Å². The Bertz CT molecular complexity index is 461. The van der Waals surface area contributed by atoms with E-state index < -0.39 is 0 Å². The van der Waals surface area contributed by atoms with Crippen molar-refractivity contribution in [3.63, 3.8) is 0 Å². The highest BCUT2D eigenvalue weighted by molar-refractivity contribution is 14.1. The minimum absolute atomic E-state index is 0.171. The Labute approximate surface area is 137 Å². The smallest absolute Gasteiger partial charge is 0.113 e. The number of ether oxygens (including phenoxy) is 1. The summed E-state index contributed by atoms with van der Waals surface area (Å²) in [4.78, 5) is 0. The third-order valence-corrected chi connectivity index (χ3v) is 4.59. The maximum Gasteiger partial charge on any atom is 0.113 e. The molecule has 0 radical (unpaired) electrons. The largest absolute Gasteiger partial charge is 0.496 e. The molecule has 0 spiro atoms. The van der Waals surface area contributed by atoms with Gasteiger partial charge in [-0.15, -0.1) is 0 Å². The minimum atomic E-state index is 0.171. The molecule has 19 heavy (non-hydrogen) atoms. The molecule has 0 aliphatic carbocycles. The Hall–Kier alpha value is -0.0700. The Kier molecular flexibility index (Phi) is 6.16. The van der Waals surface area contributed by atoms with Gasteiger partial charge in [0.25, 0.3) is 0 Å². The molecule has 104 valence electrons. The SMILES string of the molecule is CCCNC(C1=CCCCO1)c1cc(Br)ccc1I. The van der Waals surface area contributed by atoms with Crippen LogP contribution in [0.3, 0.4) is 0 Å². The van der Waals surface area contributed by atoms with Crippen molar-refractivity contribution in [3.05, 3.63) is 43.6 Å². The van der Waals surface area contributed by atoms with Gasteiger partial charge in [0.2, 0.25) is 0 Å². The first kappa shape index (κ1) is 15.3. The molecule has 0 amide bonds. The van der Waals surface area contributed by atoms with E-state index in [1.807, 2.05) is 0 Å². The lowest BCUT2D eigenvalue weighted by molar-refractivity contribution is 0.167. The van der Waals surface area contributed by atoms with Gasteiger partial charge < -0.3 is 10.1 Å². The molecule has 0 saturated carbocycles. The van der Waals surface area contributed by atoms with Crippen molar-refractivity contribution >= 4 is 38.5 Å². The molecule has 0 saturated heterocycles. The molecule has 2 nitrogen and oxygen atoms in total. The summed E-state index contributed by atoms with van der Waals surface area (Å²) in [5, 5.41) is 3.60. The van der Waals surface area contributed by atoms with Crippen LogP contribution in [0.2, 0.25) is 0 Å². The summed E-state index contributed by atoms with van der Waals surface area (Å²) in [7, 11) is 0. The molecule has 1 heterocycles. The molecular formula is C15H19BrINO. The first-order valence-electron chi connectivity index (χ1n) is 6.73. The highest BCUT2D eigenvalue weighted by atomic mass is 127. The molecule has 1 unspecified atom stereocenters. The molecule has 1 aliphatic heterocycles. The molecule has 1 N–H and O–H groups in total. The normalized spacial score (nSPS) is 16.7. The fraction of sp³-hybridized carbons (Fsp3) is 0.467. The summed E-state index contributed by atoms with van der Waals surface area (Å²) in [6.45, 7) is 4.01. The van der Waals surface area contributed by atoms with Gasteiger partial charge in [0.15, 0.2) is 0 Å². The van der Waals surface area contributed by atoms with Crippen LogP contribution in [-0.2, 0) is 4.74 Å². The van der Waals surface area contributed by atoms with Crippen LogP contribution in [0.1, 0.15) is 37.8 Å². The van der Waals surface area contributed by atoms with E-state index in [0.717, 1.165) is 42.6 Å². The number of rotatable bonds is 5. The van der Waals surface area contributed by atoms with E-state index in [2.05, 4.69) is 75.0 Å². The highest BCUT2D eigenvalue weighted by Crippen LogP contribution is 2.31. The lowest BCUT2D eigenvalue weighted by Gasteiger charge is -2.26. The highest BCUT2D eigenvalue weighted by Gasteiger charge is 2.21. The van der Waals surface area contributed by atoms with Crippen LogP contribution in [-0.4, -0.2) is 13.2 Å². The van der Waals surface area contributed by atoms with Gasteiger partial charge in [-0.25, -0.2) is 0 Å². The first-order chi connectivity index (χ1) is 9.22. The standard InChI is InChI=1S/C15H19BrINO/c1-2-8-18-15(14-5-3-4-9-19-14)12-10-11(16)6-7-13(12)17/h5-7,10,15,18H,2-4,8-9H2,1H3. The van der Waals surface area contributed by atoms with E-state index >= 15 is 0 Å². The van der Waals surface area contributed by atoms with Gasteiger partial charge in [-0.3, -0.25) is 0 Å². The summed E-state index contributed by atoms with van der Waals surface area (Å²) < 4.78 is 8.25. The second-order valence-electron chi connectivity index (χ2n) is 4.65. The zero-order valence-corrected chi connectivity index (χ0v) is 14.8. The van der Waals surface area contributed by atoms with Crippen molar-refractivity contribution in [2.45, 2.75) is 32.2 Å². The van der Waals surface area contributed by atoms with Gasteiger partial charge >= 0.3 is 0 Å². The average Bonchev–Trinajstić information content (AvgIpc) is 2.44. The number of hydrogen-bond donors (Lipinski definition) is 1. The minimum Gasteiger partial charge on any atom is -0.496 e. The van der Waals surface area contributed by atoms with Crippen LogP contribution in [0, 0.1) is 3.57 Å². The van der Waals surface area contributed by atoms with Crippen molar-refractivity contribution in [1.82, 2.24) is 5.32 Å². The molecule has 0 fully saturated rings. The number of halogens is 2. The van der Waals surface area contributed by atoms with Crippen LogP contribution < -0.4 is 5.32 Å². The maximum absolute atomic E-state index is 5.87. The lowest BCUT2D eigenvalue weighted by Crippen LogP contribution is -2.27. The monoisotopic (exact) mass is 435 g/mol. The van der Waals surface area contributed by atoms with Crippen LogP contribution in [0.15, 0.2) is 34.5 Å². The molecule has 2 rings (SSSR count). The molecule has 4 heteroatoms. The molecule has 0 aromatic heterocycles. The third-order valence-electron chi connectivity index (χ3n) is 3.11. The summed E-state index contributed by atoms with van der Waals surface area (Å²) >= 11 is 5.96. The first-order valence-corrected chi connectivity index (χ1v) is 8.60. The number of hydrogen-bond acceptors (Lipinski definition) is 2. The Balaban J connectivity index is 2.30. The van der Waals surface area contributed by atoms with E-state index in [1.165, 1.54) is 9.13 Å². The van der Waals surface area contributed by atoms with E-state index in [4.69, 9.17) is 4.74 Å². The molecule has 1 atom stereocenters. The van der Waals surface area contributed by atoms with Crippen LogP contribution in [0.25, 0.3) is 0 Å². The van der Waals surface area contributed by atoms with Gasteiger partial charge in [0.1, 0.15) is 5.76 Å². The number of nitrogens with one attached hydrogen (secondary N) is 1. The quantitative estimate of drug-likeness (QED) is 0.671. The van der Waals surface area contributed by atoms with Gasteiger partial charge in [-0.05, 0) is 78.2 Å². The van der Waals surface area contributed by atoms with Crippen molar-refractivity contribution in [1.29, 1.82) is 0 Å². The Morgan fingerprint density at radius 2 is 2.32 bits per heavy atom. The molecule has 0 bridgehead atoms. The van der Waals surface area contributed by atoms with Crippen LogP contribution in [0.4, 0.5) is 0 Å². The third kappa shape index (κ3) is 4.20. The summed E-state index contributed by atoms with van der Waals surface area (Å²) in [5.74, 6) is 1.08. The Morgan fingerprint density at radius 1 is 1.47 bits per heavy atom. The zero-order valence-electron chi connectivity index (χ0n) is 11.1. The van der Waals surface area contributed by atoms with E-state index in [-0.39, 0.29) is 6.04 Å². The van der Waals surface area contributed by atoms with E-state index in [9.17, 15) is 0 Å². The van der Waals surface area contributed by atoms with Crippen molar-refractivity contribution in [2.24, 2.45) is 0 Å². The van der Waals surface area contributed by atoms with E-state index in [1.54, 1.807) is 0 Å². The fourth-order valence-electron chi connectivity index (χ4n) is 2.17. The van der Waals surface area contributed by atoms with Gasteiger partial charge in [-0.2, -0.15) is 0 Å². The van der Waals surface area contributed by atoms with Crippen LogP contribution >= 0.6 is 38.5 Å². The number of benzene rings is 1. The van der Waals surface area contributed by atoms with Crippen molar-refractivity contribution in [3.8, 4) is 0 Å². The average molecular weight is 436 g/mol. The summed E-state index contributed by atoms with van der Waals surface area (Å²) in [6.07, 6.45) is 5.59. The Morgan fingerprint density at radius 3 is 3.00 bits per heavy atom. The number of allylic oxidation sites excluding steroid dienone is 1. The zero-order chi connectivity index (χ0) is 13.7. The molecule has 1 aliphatic rings. The topological polar surface area (TPSA) is 21.3 Å². The lowest BCUT2D eigenvalue weighted by atomic mass is 10.0. The summed E-state index contributed by atoms with van der Waals surface area (Å²) in [5.41, 5.74) is 1.29. The van der Waals surface area contributed by atoms with E-state index in [0.29, 0.717) is 0 Å². The van der Waals surface area contributed by atoms with Gasteiger partial charge in [0.05, 0.1) is 12.6 Å². The maximum atomic E-state index is 5.87. The predicted octanol–water partition coefficient (Wildman–Crippen LogP) is 4.79. The van der Waals surface area contributed by atoms with Gasteiger partial charge in [-0.1, -0.05) is 22.9 Å². The molecular weight excluding hydrogens is 417 g/mol.